The van der Waals surface area contributed by atoms with Crippen molar-refractivity contribution in [2.45, 2.75) is 13.8 Å². The average Bonchev–Trinajstić information content (AvgIpc) is 3.08. The lowest BCUT2D eigenvalue weighted by atomic mass is 10.2. The van der Waals surface area contributed by atoms with Gasteiger partial charge in [-0.25, -0.2) is 4.98 Å². The number of nitrogens with zero attached hydrogens (tertiary/aromatic N) is 4. The van der Waals surface area contributed by atoms with Crippen LogP contribution in [0.2, 0.25) is 5.02 Å². The summed E-state index contributed by atoms with van der Waals surface area (Å²) in [5.41, 5.74) is 3.75. The molecule has 6 nitrogen and oxygen atoms in total. The van der Waals surface area contributed by atoms with Crippen molar-refractivity contribution in [3.63, 3.8) is 0 Å². The summed E-state index contributed by atoms with van der Waals surface area (Å²) in [7, 11) is 1.65. The van der Waals surface area contributed by atoms with Gasteiger partial charge in [0.15, 0.2) is 0 Å². The highest BCUT2D eigenvalue weighted by Gasteiger charge is 2.26. The predicted molar refractivity (Wildman–Crippen MR) is 119 cm³/mol. The number of anilines is 1. The van der Waals surface area contributed by atoms with Crippen LogP contribution >= 0.6 is 11.6 Å². The van der Waals surface area contributed by atoms with Gasteiger partial charge < -0.3 is 19.1 Å². The SMILES string of the molecule is COc1ccc(-n2c(C)cc(C(=O)N3CCN(c4ccc(Cl)cn4)CC3)c2C)cc1. The number of methoxy groups -OCH3 is 1. The lowest BCUT2D eigenvalue weighted by Gasteiger charge is -2.35. The van der Waals surface area contributed by atoms with Crippen molar-refractivity contribution >= 4 is 23.3 Å². The zero-order valence-electron chi connectivity index (χ0n) is 17.4. The maximum Gasteiger partial charge on any atom is 0.255 e. The molecule has 0 atom stereocenters. The predicted octanol–water partition coefficient (Wildman–Crippen LogP) is 4.11. The Balaban J connectivity index is 1.49. The summed E-state index contributed by atoms with van der Waals surface area (Å²) in [6.45, 7) is 6.84. The number of aryl methyl sites for hydroxylation is 1. The first-order valence-corrected chi connectivity index (χ1v) is 10.3. The fourth-order valence-electron chi connectivity index (χ4n) is 3.97. The first kappa shape index (κ1) is 20.3. The second-order valence-corrected chi connectivity index (χ2v) is 7.87. The standard InChI is InChI=1S/C23H25ClN4O2/c1-16-14-21(17(2)28(16)19-5-7-20(30-3)8-6-19)23(29)27-12-10-26(11-13-27)22-9-4-18(24)15-25-22/h4-9,14-15H,10-13H2,1-3H3. The summed E-state index contributed by atoms with van der Waals surface area (Å²) in [6, 6.07) is 13.6. The van der Waals surface area contributed by atoms with Gasteiger partial charge in [0.25, 0.3) is 5.91 Å². The van der Waals surface area contributed by atoms with Gasteiger partial charge in [0.2, 0.25) is 0 Å². The number of hydrogen-bond acceptors (Lipinski definition) is 4. The largest absolute Gasteiger partial charge is 0.497 e. The molecule has 0 unspecified atom stereocenters. The Hall–Kier alpha value is -2.99. The van der Waals surface area contributed by atoms with Gasteiger partial charge >= 0.3 is 0 Å². The van der Waals surface area contributed by atoms with Crippen LogP contribution in [0.3, 0.4) is 0 Å². The zero-order chi connectivity index (χ0) is 21.3. The molecule has 0 spiro atoms. The minimum Gasteiger partial charge on any atom is -0.497 e. The third kappa shape index (κ3) is 3.87. The van der Waals surface area contributed by atoms with E-state index in [1.165, 1.54) is 0 Å². The molecule has 3 heterocycles. The molecule has 1 aliphatic rings. The van der Waals surface area contributed by atoms with E-state index in [9.17, 15) is 4.79 Å². The van der Waals surface area contributed by atoms with Crippen LogP contribution in [0, 0.1) is 13.8 Å². The van der Waals surface area contributed by atoms with Crippen molar-refractivity contribution in [3.8, 4) is 11.4 Å². The molecular weight excluding hydrogens is 400 g/mol. The topological polar surface area (TPSA) is 50.6 Å². The summed E-state index contributed by atoms with van der Waals surface area (Å²) in [5.74, 6) is 1.78. The van der Waals surface area contributed by atoms with Crippen molar-refractivity contribution in [2.75, 3.05) is 38.2 Å². The molecule has 156 valence electrons. The van der Waals surface area contributed by atoms with Crippen molar-refractivity contribution in [2.24, 2.45) is 0 Å². The monoisotopic (exact) mass is 424 g/mol. The fraction of sp³-hybridized carbons (Fsp3) is 0.304. The second kappa shape index (κ2) is 8.40. The Morgan fingerprint density at radius 3 is 2.33 bits per heavy atom. The van der Waals surface area contributed by atoms with E-state index in [1.54, 1.807) is 13.3 Å². The van der Waals surface area contributed by atoms with Gasteiger partial charge in [-0.3, -0.25) is 4.79 Å². The summed E-state index contributed by atoms with van der Waals surface area (Å²) in [5, 5.41) is 0.625. The molecule has 0 radical (unpaired) electrons. The number of piperazine rings is 1. The minimum atomic E-state index is 0.0755. The van der Waals surface area contributed by atoms with E-state index >= 15 is 0 Å². The van der Waals surface area contributed by atoms with Crippen molar-refractivity contribution in [3.05, 3.63) is 70.6 Å². The van der Waals surface area contributed by atoms with E-state index in [0.717, 1.165) is 47.3 Å². The second-order valence-electron chi connectivity index (χ2n) is 7.43. The lowest BCUT2D eigenvalue weighted by Crippen LogP contribution is -2.49. The average molecular weight is 425 g/mol. The van der Waals surface area contributed by atoms with E-state index in [4.69, 9.17) is 16.3 Å². The van der Waals surface area contributed by atoms with Crippen molar-refractivity contribution in [1.29, 1.82) is 0 Å². The number of carbonyl (C=O) groups excluding carboxylic acids is 1. The third-order valence-electron chi connectivity index (χ3n) is 5.59. The van der Waals surface area contributed by atoms with Gasteiger partial charge in [-0.05, 0) is 56.3 Å². The third-order valence-corrected chi connectivity index (χ3v) is 5.82. The highest BCUT2D eigenvalue weighted by Crippen LogP contribution is 2.24. The normalized spacial score (nSPS) is 14.1. The van der Waals surface area contributed by atoms with Crippen LogP contribution in [0.25, 0.3) is 5.69 Å². The molecule has 1 aliphatic heterocycles. The minimum absolute atomic E-state index is 0.0755. The molecule has 4 rings (SSSR count). The number of carbonyl (C=O) groups is 1. The van der Waals surface area contributed by atoms with Gasteiger partial charge in [-0.1, -0.05) is 11.6 Å². The Kier molecular flexibility index (Phi) is 5.68. The molecule has 1 amide bonds. The van der Waals surface area contributed by atoms with Gasteiger partial charge in [-0.15, -0.1) is 0 Å². The Morgan fingerprint density at radius 1 is 1.03 bits per heavy atom. The number of benzene rings is 1. The lowest BCUT2D eigenvalue weighted by molar-refractivity contribution is 0.0746. The van der Waals surface area contributed by atoms with Crippen LogP contribution in [0.5, 0.6) is 5.75 Å². The van der Waals surface area contributed by atoms with Crippen LogP contribution in [-0.4, -0.2) is 53.6 Å². The summed E-state index contributed by atoms with van der Waals surface area (Å²) >= 11 is 5.93. The van der Waals surface area contributed by atoms with Gasteiger partial charge in [0.05, 0.1) is 17.7 Å². The number of pyridine rings is 1. The molecule has 0 saturated carbocycles. The van der Waals surface area contributed by atoms with Crippen LogP contribution in [0.1, 0.15) is 21.7 Å². The number of amides is 1. The molecule has 1 aromatic carbocycles. The number of halogens is 1. The van der Waals surface area contributed by atoms with Crippen LogP contribution < -0.4 is 9.64 Å². The highest BCUT2D eigenvalue weighted by molar-refractivity contribution is 6.30. The zero-order valence-corrected chi connectivity index (χ0v) is 18.2. The summed E-state index contributed by atoms with van der Waals surface area (Å²) in [4.78, 5) is 21.7. The van der Waals surface area contributed by atoms with Crippen LogP contribution in [0.15, 0.2) is 48.7 Å². The smallest absolute Gasteiger partial charge is 0.255 e. The van der Waals surface area contributed by atoms with Gasteiger partial charge in [0.1, 0.15) is 11.6 Å². The van der Waals surface area contributed by atoms with E-state index in [2.05, 4.69) is 14.5 Å². The first-order chi connectivity index (χ1) is 14.5. The molecular formula is C23H25ClN4O2. The van der Waals surface area contributed by atoms with E-state index in [1.807, 2.05) is 61.2 Å². The number of ether oxygens (including phenoxy) is 1. The molecule has 30 heavy (non-hydrogen) atoms. The highest BCUT2D eigenvalue weighted by atomic mass is 35.5. The summed E-state index contributed by atoms with van der Waals surface area (Å²) < 4.78 is 7.36. The Labute approximate surface area is 181 Å². The number of rotatable bonds is 4. The molecule has 2 aromatic heterocycles. The van der Waals surface area contributed by atoms with Crippen molar-refractivity contribution in [1.82, 2.24) is 14.5 Å². The van der Waals surface area contributed by atoms with E-state index < -0.39 is 0 Å². The molecule has 3 aromatic rings. The quantitative estimate of drug-likeness (QED) is 0.632. The first-order valence-electron chi connectivity index (χ1n) is 9.97. The number of hydrogen-bond donors (Lipinski definition) is 0. The molecule has 0 aliphatic carbocycles. The molecule has 0 N–H and O–H groups in total. The molecule has 1 fully saturated rings. The van der Waals surface area contributed by atoms with Gasteiger partial charge in [-0.2, -0.15) is 0 Å². The Bertz CT molecular complexity index is 1040. The van der Waals surface area contributed by atoms with E-state index in [0.29, 0.717) is 18.1 Å². The maximum absolute atomic E-state index is 13.2. The maximum atomic E-state index is 13.2. The van der Waals surface area contributed by atoms with E-state index in [-0.39, 0.29) is 5.91 Å². The molecule has 7 heteroatoms. The summed E-state index contributed by atoms with van der Waals surface area (Å²) in [6.07, 6.45) is 1.66. The van der Waals surface area contributed by atoms with Gasteiger partial charge in [0, 0.05) is 49.5 Å². The van der Waals surface area contributed by atoms with Crippen LogP contribution in [0.4, 0.5) is 5.82 Å². The fourth-order valence-corrected chi connectivity index (χ4v) is 4.08. The molecule has 1 saturated heterocycles. The number of aromatic nitrogens is 2. The molecule has 0 bridgehead atoms. The van der Waals surface area contributed by atoms with Crippen LogP contribution in [-0.2, 0) is 0 Å². The Morgan fingerprint density at radius 2 is 1.73 bits per heavy atom. The van der Waals surface area contributed by atoms with Crippen molar-refractivity contribution < 1.29 is 9.53 Å².